The van der Waals surface area contributed by atoms with Gasteiger partial charge in [-0.3, -0.25) is 4.90 Å². The van der Waals surface area contributed by atoms with E-state index < -0.39 is 51.9 Å². The highest BCUT2D eigenvalue weighted by atomic mass is 19.4. The van der Waals surface area contributed by atoms with Crippen molar-refractivity contribution in [1.29, 1.82) is 5.26 Å². The second-order valence-electron chi connectivity index (χ2n) is 12.8. The maximum atomic E-state index is 16.5. The molecule has 3 saturated heterocycles. The van der Waals surface area contributed by atoms with Crippen molar-refractivity contribution in [2.24, 2.45) is 17.8 Å². The molecule has 3 aliphatic heterocycles. The molecule has 2 N–H and O–H groups in total. The van der Waals surface area contributed by atoms with Gasteiger partial charge in [0.25, 0.3) is 0 Å². The van der Waals surface area contributed by atoms with Gasteiger partial charge in [-0.1, -0.05) is 0 Å². The van der Waals surface area contributed by atoms with Gasteiger partial charge in [0.05, 0.1) is 34.3 Å². The van der Waals surface area contributed by atoms with Gasteiger partial charge in [-0.2, -0.15) is 28.4 Å². The van der Waals surface area contributed by atoms with E-state index in [4.69, 9.17) is 10.5 Å². The maximum absolute atomic E-state index is 16.5. The zero-order chi connectivity index (χ0) is 31.8. The van der Waals surface area contributed by atoms with Gasteiger partial charge >= 0.3 is 12.2 Å². The SMILES string of the molecule is Cc1cc(N)nc(-c2c(F)cc3c(N4CC[C@@H]5C(C#N)[C@@H]5CC4)nc(OC[C@@]45CCCN4C[C@H](F)C5)nc3c2F)c1C(F)(F)F. The number of ether oxygens (including phenoxy) is 1. The van der Waals surface area contributed by atoms with Crippen LogP contribution < -0.4 is 15.4 Å². The van der Waals surface area contributed by atoms with Crippen molar-refractivity contribution in [1.82, 2.24) is 19.9 Å². The lowest BCUT2D eigenvalue weighted by molar-refractivity contribution is -0.137. The van der Waals surface area contributed by atoms with Gasteiger partial charge in [-0.25, -0.2) is 18.2 Å². The van der Waals surface area contributed by atoms with Crippen LogP contribution in [0.4, 0.5) is 38.0 Å². The first-order chi connectivity index (χ1) is 21.4. The molecule has 1 saturated carbocycles. The number of aryl methyl sites for hydroxylation is 1. The molecular weight excluding hydrogens is 600 g/mol. The van der Waals surface area contributed by atoms with E-state index in [1.54, 1.807) is 0 Å². The number of alkyl halides is 4. The number of fused-ring (bicyclic) bond motifs is 3. The van der Waals surface area contributed by atoms with Crippen LogP contribution in [0.3, 0.4) is 0 Å². The summed E-state index contributed by atoms with van der Waals surface area (Å²) in [7, 11) is 0. The smallest absolute Gasteiger partial charge is 0.418 e. The highest BCUT2D eigenvalue weighted by Crippen LogP contribution is 2.52. The van der Waals surface area contributed by atoms with Gasteiger partial charge in [0.2, 0.25) is 0 Å². The number of benzene rings is 1. The van der Waals surface area contributed by atoms with Crippen LogP contribution in [0, 0.1) is 47.6 Å². The second kappa shape index (κ2) is 10.6. The minimum atomic E-state index is -4.98. The van der Waals surface area contributed by atoms with Crippen LogP contribution >= 0.6 is 0 Å². The molecule has 7 rings (SSSR count). The molecule has 238 valence electrons. The summed E-state index contributed by atoms with van der Waals surface area (Å²) in [6.07, 6.45) is -2.81. The highest BCUT2D eigenvalue weighted by molar-refractivity contribution is 5.94. The number of nitrogen functional groups attached to an aromatic ring is 1. The fraction of sp³-hybridized carbons (Fsp3) is 0.548. The number of pyridine rings is 1. The van der Waals surface area contributed by atoms with E-state index in [1.807, 2.05) is 9.80 Å². The predicted octanol–water partition coefficient (Wildman–Crippen LogP) is 5.82. The van der Waals surface area contributed by atoms with E-state index in [9.17, 15) is 22.8 Å². The molecule has 45 heavy (non-hydrogen) atoms. The molecule has 2 aromatic heterocycles. The summed E-state index contributed by atoms with van der Waals surface area (Å²) in [5.74, 6) is -2.33. The number of nitrogens with zero attached hydrogens (tertiary/aromatic N) is 6. The van der Waals surface area contributed by atoms with E-state index in [0.29, 0.717) is 38.9 Å². The minimum Gasteiger partial charge on any atom is -0.461 e. The zero-order valence-electron chi connectivity index (χ0n) is 24.5. The Balaban J connectivity index is 1.35. The van der Waals surface area contributed by atoms with Crippen LogP contribution in [0.1, 0.15) is 43.2 Å². The van der Waals surface area contributed by atoms with Crippen molar-refractivity contribution in [3.05, 3.63) is 34.9 Å². The third-order valence-electron chi connectivity index (χ3n) is 10.1. The number of nitrogens with two attached hydrogens (primary N) is 1. The largest absolute Gasteiger partial charge is 0.461 e. The van der Waals surface area contributed by atoms with E-state index in [0.717, 1.165) is 32.0 Å². The number of hydrogen-bond acceptors (Lipinski definition) is 8. The Morgan fingerprint density at radius 3 is 2.53 bits per heavy atom. The summed E-state index contributed by atoms with van der Waals surface area (Å²) in [5.41, 5.74) is 1.13. The number of halogens is 6. The van der Waals surface area contributed by atoms with Gasteiger partial charge in [0.15, 0.2) is 5.82 Å². The first-order valence-corrected chi connectivity index (χ1v) is 15.1. The lowest BCUT2D eigenvalue weighted by Crippen LogP contribution is -2.43. The molecule has 1 aliphatic carbocycles. The van der Waals surface area contributed by atoms with Crippen LogP contribution in [-0.2, 0) is 6.18 Å². The average molecular weight is 632 g/mol. The molecule has 0 spiro atoms. The molecule has 14 heteroatoms. The van der Waals surface area contributed by atoms with Crippen molar-refractivity contribution in [3.8, 4) is 23.3 Å². The Kier molecular flexibility index (Phi) is 7.03. The van der Waals surface area contributed by atoms with Crippen molar-refractivity contribution in [2.75, 3.05) is 43.4 Å². The summed E-state index contributed by atoms with van der Waals surface area (Å²) in [5, 5.41) is 9.38. The first kappa shape index (κ1) is 29.8. The molecule has 5 heterocycles. The standard InChI is InChI=1S/C31H31F6N7O/c1-15-9-22(39)40-27(24(15)31(35,36)37)23-21(33)10-19-26(25(23)34)41-29(45-14-30-5-2-6-44(30)13-16(32)11-30)42-28(19)43-7-3-17-18(4-8-43)20(17)12-38/h9-10,16-18,20H,2-8,11,13-14H2,1H3,(H2,39,40)/t16-,17-,18+,20?,30+/m1/s1. The van der Waals surface area contributed by atoms with Crippen LogP contribution in [0.15, 0.2) is 12.1 Å². The lowest BCUT2D eigenvalue weighted by atomic mass is 9.95. The number of anilines is 2. The Morgan fingerprint density at radius 2 is 1.84 bits per heavy atom. The van der Waals surface area contributed by atoms with Crippen molar-refractivity contribution in [3.63, 3.8) is 0 Å². The quantitative estimate of drug-likeness (QED) is 0.352. The molecule has 0 radical (unpaired) electrons. The van der Waals surface area contributed by atoms with Crippen LogP contribution in [0.5, 0.6) is 6.01 Å². The van der Waals surface area contributed by atoms with Crippen molar-refractivity contribution < 1.29 is 31.1 Å². The summed E-state index contributed by atoms with van der Waals surface area (Å²) < 4.78 is 95.2. The number of rotatable bonds is 5. The van der Waals surface area contributed by atoms with Gasteiger partial charge in [-0.15, -0.1) is 0 Å². The molecule has 5 atom stereocenters. The third kappa shape index (κ3) is 4.99. The minimum absolute atomic E-state index is 0.0120. The van der Waals surface area contributed by atoms with Gasteiger partial charge in [-0.05, 0) is 68.7 Å². The summed E-state index contributed by atoms with van der Waals surface area (Å²) >= 11 is 0. The number of aromatic nitrogens is 3. The molecule has 8 nitrogen and oxygen atoms in total. The lowest BCUT2D eigenvalue weighted by Gasteiger charge is -2.31. The Morgan fingerprint density at radius 1 is 1.11 bits per heavy atom. The summed E-state index contributed by atoms with van der Waals surface area (Å²) in [6, 6.07) is 4.02. The highest BCUT2D eigenvalue weighted by Gasteiger charge is 2.51. The average Bonchev–Trinajstić information content (AvgIpc) is 3.44. The number of hydrogen-bond donors (Lipinski definition) is 1. The second-order valence-corrected chi connectivity index (χ2v) is 12.8. The first-order valence-electron chi connectivity index (χ1n) is 15.1. The van der Waals surface area contributed by atoms with Crippen LogP contribution in [0.2, 0.25) is 0 Å². The Labute approximate surface area is 255 Å². The van der Waals surface area contributed by atoms with Crippen LogP contribution in [-0.4, -0.2) is 64.3 Å². The molecular formula is C31H31F6N7O. The Bertz CT molecular complexity index is 1710. The number of nitriles is 1. The predicted molar refractivity (Wildman–Crippen MR) is 153 cm³/mol. The normalized spacial score (nSPS) is 28.1. The topological polar surface area (TPSA) is 104 Å². The molecule has 0 amide bonds. The molecule has 4 fully saturated rings. The van der Waals surface area contributed by atoms with Crippen molar-refractivity contribution in [2.45, 2.75) is 56.9 Å². The van der Waals surface area contributed by atoms with Crippen molar-refractivity contribution >= 4 is 22.5 Å². The van der Waals surface area contributed by atoms with Gasteiger partial charge < -0.3 is 15.4 Å². The zero-order valence-corrected chi connectivity index (χ0v) is 24.5. The summed E-state index contributed by atoms with van der Waals surface area (Å²) in [6.45, 7) is 3.09. The maximum Gasteiger partial charge on any atom is 0.418 e. The van der Waals surface area contributed by atoms with E-state index in [1.165, 1.54) is 0 Å². The molecule has 0 bridgehead atoms. The monoisotopic (exact) mass is 631 g/mol. The summed E-state index contributed by atoms with van der Waals surface area (Å²) in [4.78, 5) is 16.5. The van der Waals surface area contributed by atoms with E-state index in [2.05, 4.69) is 21.0 Å². The molecule has 1 aromatic carbocycles. The third-order valence-corrected chi connectivity index (χ3v) is 10.1. The fourth-order valence-corrected chi connectivity index (χ4v) is 7.92. The fourth-order valence-electron chi connectivity index (χ4n) is 7.92. The van der Waals surface area contributed by atoms with Gasteiger partial charge in [0, 0.05) is 31.4 Å². The van der Waals surface area contributed by atoms with E-state index in [-0.39, 0.29) is 59.4 Å². The molecule has 1 unspecified atom stereocenters. The van der Waals surface area contributed by atoms with Crippen LogP contribution in [0.25, 0.3) is 22.2 Å². The van der Waals surface area contributed by atoms with Gasteiger partial charge in [0.1, 0.15) is 35.7 Å². The molecule has 3 aromatic rings. The van der Waals surface area contributed by atoms with E-state index >= 15 is 8.78 Å². The molecule has 4 aliphatic rings. The Hall–Kier alpha value is -3.86.